The van der Waals surface area contributed by atoms with Gasteiger partial charge in [0.25, 0.3) is 5.91 Å². The molecule has 1 aromatic carbocycles. The van der Waals surface area contributed by atoms with Crippen LogP contribution < -0.4 is 0 Å². The van der Waals surface area contributed by atoms with Gasteiger partial charge in [0.2, 0.25) is 0 Å². The molecule has 2 aromatic rings. The van der Waals surface area contributed by atoms with Crippen molar-refractivity contribution in [3.05, 3.63) is 51.8 Å². The number of esters is 1. The predicted molar refractivity (Wildman–Crippen MR) is 106 cm³/mol. The molecule has 0 unspecified atom stereocenters. The first kappa shape index (κ1) is 19.6. The number of nitrogens with one attached hydrogen (secondary N) is 1. The minimum absolute atomic E-state index is 0.128. The minimum atomic E-state index is -0.710. The molecule has 1 N–H and O–H groups in total. The Hall–Kier alpha value is -2.15. The number of likely N-dealkylation sites (tertiary alicyclic amines) is 1. The number of ether oxygens (including phenoxy) is 1. The van der Waals surface area contributed by atoms with Gasteiger partial charge in [-0.3, -0.25) is 14.7 Å². The van der Waals surface area contributed by atoms with Crippen LogP contribution in [0.25, 0.3) is 0 Å². The number of carbonyl (C=O) groups excluding carboxylic acids is 2. The number of halogens is 1. The van der Waals surface area contributed by atoms with E-state index in [2.05, 4.69) is 26.1 Å². The smallest absolute Gasteiger partial charge is 0.316 e. The van der Waals surface area contributed by atoms with Crippen LogP contribution in [0.2, 0.25) is 0 Å². The molecular formula is C20H24BrN3O3. The van der Waals surface area contributed by atoms with E-state index in [-0.39, 0.29) is 17.8 Å². The molecule has 27 heavy (non-hydrogen) atoms. The third kappa shape index (κ3) is 3.52. The quantitative estimate of drug-likeness (QED) is 0.746. The topological polar surface area (TPSA) is 75.3 Å². The summed E-state index contributed by atoms with van der Waals surface area (Å²) >= 11 is 3.50. The molecule has 3 rings (SSSR count). The molecule has 0 atom stereocenters. The summed E-state index contributed by atoms with van der Waals surface area (Å²) in [6.45, 7) is 5.02. The number of aromatic amines is 1. The third-order valence-electron chi connectivity index (χ3n) is 5.32. The van der Waals surface area contributed by atoms with Crippen molar-refractivity contribution in [3.8, 4) is 0 Å². The van der Waals surface area contributed by atoms with Crippen LogP contribution in [0.4, 0.5) is 0 Å². The Labute approximate surface area is 167 Å². The van der Waals surface area contributed by atoms with Gasteiger partial charge in [0.15, 0.2) is 5.69 Å². The molecule has 0 bridgehead atoms. The second kappa shape index (κ2) is 7.84. The van der Waals surface area contributed by atoms with Gasteiger partial charge in [0.05, 0.1) is 22.7 Å². The minimum Gasteiger partial charge on any atom is -0.468 e. The molecule has 1 aliphatic rings. The van der Waals surface area contributed by atoms with E-state index in [1.165, 1.54) is 7.11 Å². The van der Waals surface area contributed by atoms with Crippen LogP contribution in [0.3, 0.4) is 0 Å². The number of aromatic nitrogens is 2. The highest BCUT2D eigenvalue weighted by molar-refractivity contribution is 9.10. The second-order valence-corrected chi connectivity index (χ2v) is 7.98. The zero-order valence-electron chi connectivity index (χ0n) is 15.8. The van der Waals surface area contributed by atoms with Gasteiger partial charge in [0.1, 0.15) is 0 Å². The summed E-state index contributed by atoms with van der Waals surface area (Å²) in [5, 5.41) is 7.15. The highest BCUT2D eigenvalue weighted by atomic mass is 79.9. The maximum Gasteiger partial charge on any atom is 0.316 e. The second-order valence-electron chi connectivity index (χ2n) is 7.19. The summed E-state index contributed by atoms with van der Waals surface area (Å²) < 4.78 is 5.83. The number of carbonyl (C=O) groups is 2. The van der Waals surface area contributed by atoms with Crippen molar-refractivity contribution in [2.75, 3.05) is 20.2 Å². The third-order valence-corrected chi connectivity index (χ3v) is 6.12. The van der Waals surface area contributed by atoms with Crippen molar-refractivity contribution in [2.45, 2.75) is 38.0 Å². The van der Waals surface area contributed by atoms with E-state index in [0.717, 1.165) is 15.7 Å². The number of nitrogens with zero attached hydrogens (tertiary/aromatic N) is 2. The van der Waals surface area contributed by atoms with Gasteiger partial charge in [0, 0.05) is 13.1 Å². The summed E-state index contributed by atoms with van der Waals surface area (Å²) in [5.41, 5.74) is 1.53. The van der Waals surface area contributed by atoms with E-state index >= 15 is 0 Å². The van der Waals surface area contributed by atoms with Crippen LogP contribution in [0.1, 0.15) is 54.4 Å². The van der Waals surface area contributed by atoms with Crippen LogP contribution in [0, 0.1) is 0 Å². The van der Waals surface area contributed by atoms with Gasteiger partial charge in [-0.05, 0) is 40.3 Å². The van der Waals surface area contributed by atoms with Gasteiger partial charge in [-0.25, -0.2) is 0 Å². The van der Waals surface area contributed by atoms with Crippen LogP contribution >= 0.6 is 15.9 Å². The highest BCUT2D eigenvalue weighted by Gasteiger charge is 2.45. The fourth-order valence-electron chi connectivity index (χ4n) is 3.67. The van der Waals surface area contributed by atoms with Gasteiger partial charge in [-0.1, -0.05) is 44.2 Å². The van der Waals surface area contributed by atoms with Crippen LogP contribution in [-0.4, -0.2) is 47.2 Å². The lowest BCUT2D eigenvalue weighted by Crippen LogP contribution is -2.49. The highest BCUT2D eigenvalue weighted by Crippen LogP contribution is 2.37. The molecule has 1 saturated heterocycles. The Kier molecular flexibility index (Phi) is 5.69. The van der Waals surface area contributed by atoms with E-state index in [1.807, 2.05) is 44.2 Å². The number of H-pyrrole nitrogens is 1. The number of rotatable bonds is 4. The fourth-order valence-corrected chi connectivity index (χ4v) is 4.48. The Morgan fingerprint density at radius 3 is 2.37 bits per heavy atom. The number of benzene rings is 1. The van der Waals surface area contributed by atoms with Gasteiger partial charge < -0.3 is 9.64 Å². The van der Waals surface area contributed by atoms with Gasteiger partial charge in [-0.15, -0.1) is 0 Å². The molecule has 1 fully saturated rings. The summed E-state index contributed by atoms with van der Waals surface area (Å²) in [5.74, 6) is -0.139. The molecule has 0 spiro atoms. The van der Waals surface area contributed by atoms with Crippen molar-refractivity contribution in [2.24, 2.45) is 0 Å². The molecular weight excluding hydrogens is 410 g/mol. The van der Waals surface area contributed by atoms with Crippen LogP contribution in [-0.2, 0) is 14.9 Å². The standard InChI is InChI=1S/C20H24BrN3O3/c1-13(2)16-15(21)17(23-22-16)18(25)24-11-9-20(10-12-24,19(26)27-3)14-7-5-4-6-8-14/h4-8,13H,9-12H2,1-3H3,(H,22,23). The zero-order chi connectivity index (χ0) is 19.6. The van der Waals surface area contributed by atoms with Crippen molar-refractivity contribution in [3.63, 3.8) is 0 Å². The normalized spacial score (nSPS) is 16.4. The lowest BCUT2D eigenvalue weighted by Gasteiger charge is -2.39. The zero-order valence-corrected chi connectivity index (χ0v) is 17.4. The van der Waals surface area contributed by atoms with Crippen molar-refractivity contribution in [1.82, 2.24) is 15.1 Å². The monoisotopic (exact) mass is 433 g/mol. The Morgan fingerprint density at radius 2 is 1.85 bits per heavy atom. The van der Waals surface area contributed by atoms with E-state index in [1.54, 1.807) is 4.90 Å². The molecule has 1 aromatic heterocycles. The summed E-state index contributed by atoms with van der Waals surface area (Å²) in [7, 11) is 1.42. The largest absolute Gasteiger partial charge is 0.468 e. The van der Waals surface area contributed by atoms with Crippen molar-refractivity contribution < 1.29 is 14.3 Å². The molecule has 0 aliphatic carbocycles. The van der Waals surface area contributed by atoms with Gasteiger partial charge in [-0.2, -0.15) is 5.10 Å². The Bertz CT molecular complexity index is 824. The number of methoxy groups -OCH3 is 1. The molecule has 2 heterocycles. The first-order valence-corrected chi connectivity index (χ1v) is 9.87. The lowest BCUT2D eigenvalue weighted by molar-refractivity contribution is -0.149. The SMILES string of the molecule is COC(=O)C1(c2ccccc2)CCN(C(=O)c2n[nH]c(C(C)C)c2Br)CC1. The van der Waals surface area contributed by atoms with Crippen LogP contribution in [0.15, 0.2) is 34.8 Å². The summed E-state index contributed by atoms with van der Waals surface area (Å²) in [4.78, 5) is 27.3. The fraction of sp³-hybridized carbons (Fsp3) is 0.450. The number of piperidine rings is 1. The summed E-state index contributed by atoms with van der Waals surface area (Å²) in [6, 6.07) is 9.67. The molecule has 1 amide bonds. The Morgan fingerprint density at radius 1 is 1.22 bits per heavy atom. The van der Waals surface area contributed by atoms with Crippen molar-refractivity contribution in [1.29, 1.82) is 0 Å². The predicted octanol–water partition coefficient (Wildman–Crippen LogP) is 3.64. The molecule has 144 valence electrons. The van der Waals surface area contributed by atoms with Crippen molar-refractivity contribution >= 4 is 27.8 Å². The lowest BCUT2D eigenvalue weighted by atomic mass is 9.72. The first-order valence-electron chi connectivity index (χ1n) is 9.07. The van der Waals surface area contributed by atoms with E-state index in [4.69, 9.17) is 4.74 Å². The maximum absolute atomic E-state index is 12.9. The Balaban J connectivity index is 1.81. The molecule has 0 saturated carbocycles. The first-order chi connectivity index (χ1) is 12.9. The van der Waals surface area contributed by atoms with E-state index < -0.39 is 5.41 Å². The molecule has 1 aliphatic heterocycles. The van der Waals surface area contributed by atoms with E-state index in [0.29, 0.717) is 31.6 Å². The molecule has 6 nitrogen and oxygen atoms in total. The average Bonchev–Trinajstić information content (AvgIpc) is 3.09. The molecule has 7 heteroatoms. The number of hydrogen-bond donors (Lipinski definition) is 1. The summed E-state index contributed by atoms with van der Waals surface area (Å²) in [6.07, 6.45) is 1.04. The average molecular weight is 434 g/mol. The van der Waals surface area contributed by atoms with Gasteiger partial charge >= 0.3 is 5.97 Å². The maximum atomic E-state index is 12.9. The number of hydrogen-bond acceptors (Lipinski definition) is 4. The number of amides is 1. The van der Waals surface area contributed by atoms with E-state index in [9.17, 15) is 9.59 Å². The molecule has 0 radical (unpaired) electrons. The van der Waals surface area contributed by atoms with Crippen LogP contribution in [0.5, 0.6) is 0 Å².